The third-order valence-corrected chi connectivity index (χ3v) is 4.05. The van der Waals surface area contributed by atoms with Gasteiger partial charge in [-0.1, -0.05) is 26.8 Å². The molecular formula is C12H25NOS. The summed E-state index contributed by atoms with van der Waals surface area (Å²) in [6, 6.07) is 0.225. The van der Waals surface area contributed by atoms with E-state index in [0.717, 1.165) is 0 Å². The molecule has 0 saturated carbocycles. The summed E-state index contributed by atoms with van der Waals surface area (Å²) < 4.78 is 15.0. The highest BCUT2D eigenvalue weighted by Gasteiger charge is 2.26. The van der Waals surface area contributed by atoms with Gasteiger partial charge < -0.3 is 0 Å². The number of hydrogen-bond donors (Lipinski definition) is 1. The standard InChI is InChI=1S/C12H25NOS/c1-8-10(4)11(9(2)3)13-15(14)12(5,6)7/h8-11,13H,1H2,2-7H3/t10-,11+,15+/m0/s1. The average molecular weight is 231 g/mol. The second-order valence-electron chi connectivity index (χ2n) is 5.36. The molecule has 1 N–H and O–H groups in total. The van der Waals surface area contributed by atoms with Crippen LogP contribution in [0.1, 0.15) is 41.5 Å². The van der Waals surface area contributed by atoms with Crippen LogP contribution >= 0.6 is 0 Å². The van der Waals surface area contributed by atoms with Crippen LogP contribution in [0.5, 0.6) is 0 Å². The lowest BCUT2D eigenvalue weighted by molar-refractivity contribution is 0.385. The largest absolute Gasteiger partial charge is 0.242 e. The Bertz CT molecular complexity index is 230. The zero-order valence-corrected chi connectivity index (χ0v) is 11.6. The molecule has 0 aromatic carbocycles. The van der Waals surface area contributed by atoms with Crippen LogP contribution in [0.2, 0.25) is 0 Å². The molecule has 0 amide bonds. The maximum Gasteiger partial charge on any atom is 0.0973 e. The highest BCUT2D eigenvalue weighted by molar-refractivity contribution is 7.84. The van der Waals surface area contributed by atoms with Gasteiger partial charge in [0.2, 0.25) is 0 Å². The molecule has 0 aromatic heterocycles. The fourth-order valence-electron chi connectivity index (χ4n) is 1.30. The maximum atomic E-state index is 12.0. The summed E-state index contributed by atoms with van der Waals surface area (Å²) in [7, 11) is -1.01. The Morgan fingerprint density at radius 3 is 2.00 bits per heavy atom. The first-order valence-electron chi connectivity index (χ1n) is 5.50. The predicted molar refractivity (Wildman–Crippen MR) is 69.0 cm³/mol. The predicted octanol–water partition coefficient (Wildman–Crippen LogP) is 2.88. The van der Waals surface area contributed by atoms with E-state index in [1.807, 2.05) is 26.8 Å². The van der Waals surface area contributed by atoms with Gasteiger partial charge in [-0.3, -0.25) is 0 Å². The zero-order valence-electron chi connectivity index (χ0n) is 10.8. The molecule has 90 valence electrons. The van der Waals surface area contributed by atoms with Crippen molar-refractivity contribution >= 4 is 11.0 Å². The maximum absolute atomic E-state index is 12.0. The summed E-state index contributed by atoms with van der Waals surface area (Å²) in [5.41, 5.74) is 0. The normalized spacial score (nSPS) is 18.6. The summed E-state index contributed by atoms with van der Waals surface area (Å²) >= 11 is 0. The van der Waals surface area contributed by atoms with Crippen molar-refractivity contribution in [3.05, 3.63) is 12.7 Å². The molecule has 0 radical (unpaired) electrons. The quantitative estimate of drug-likeness (QED) is 0.724. The molecule has 0 bridgehead atoms. The molecule has 0 fully saturated rings. The lowest BCUT2D eigenvalue weighted by Gasteiger charge is -2.29. The summed E-state index contributed by atoms with van der Waals surface area (Å²) in [4.78, 5) is 0. The molecule has 0 saturated heterocycles. The number of hydrogen-bond acceptors (Lipinski definition) is 1. The van der Waals surface area contributed by atoms with E-state index in [2.05, 4.69) is 32.1 Å². The molecular weight excluding hydrogens is 206 g/mol. The second kappa shape index (κ2) is 5.80. The molecule has 0 heterocycles. The van der Waals surface area contributed by atoms with Gasteiger partial charge in [-0.25, -0.2) is 8.93 Å². The van der Waals surface area contributed by atoms with Gasteiger partial charge in [-0.2, -0.15) is 0 Å². The van der Waals surface area contributed by atoms with Gasteiger partial charge in [0.25, 0.3) is 0 Å². The SMILES string of the molecule is C=C[C@H](C)[C@H](N[S@](=O)C(C)(C)C)C(C)C. The first kappa shape index (κ1) is 14.8. The Morgan fingerprint density at radius 2 is 1.73 bits per heavy atom. The Labute approximate surface area is 97.1 Å². The van der Waals surface area contributed by atoms with Gasteiger partial charge >= 0.3 is 0 Å². The Hall–Kier alpha value is -0.150. The van der Waals surface area contributed by atoms with E-state index in [-0.39, 0.29) is 10.8 Å². The number of nitrogens with one attached hydrogen (secondary N) is 1. The molecule has 0 aliphatic carbocycles. The van der Waals surface area contributed by atoms with Crippen LogP contribution in [-0.2, 0) is 11.0 Å². The third-order valence-electron chi connectivity index (χ3n) is 2.46. The van der Waals surface area contributed by atoms with Crippen molar-refractivity contribution in [1.29, 1.82) is 0 Å². The Morgan fingerprint density at radius 1 is 1.27 bits per heavy atom. The van der Waals surface area contributed by atoms with Gasteiger partial charge in [-0.15, -0.1) is 6.58 Å². The monoisotopic (exact) mass is 231 g/mol. The van der Waals surface area contributed by atoms with Gasteiger partial charge in [-0.05, 0) is 32.6 Å². The fraction of sp³-hybridized carbons (Fsp3) is 0.833. The van der Waals surface area contributed by atoms with E-state index >= 15 is 0 Å². The first-order valence-corrected chi connectivity index (χ1v) is 6.65. The van der Waals surface area contributed by atoms with Crippen molar-refractivity contribution in [2.45, 2.75) is 52.3 Å². The first-order chi connectivity index (χ1) is 6.70. The van der Waals surface area contributed by atoms with Crippen LogP contribution in [0.25, 0.3) is 0 Å². The zero-order chi connectivity index (χ0) is 12.2. The smallest absolute Gasteiger partial charge is 0.0973 e. The van der Waals surface area contributed by atoms with Gasteiger partial charge in [0, 0.05) is 6.04 Å². The van der Waals surface area contributed by atoms with Crippen molar-refractivity contribution in [1.82, 2.24) is 4.72 Å². The van der Waals surface area contributed by atoms with E-state index < -0.39 is 11.0 Å². The van der Waals surface area contributed by atoms with Crippen molar-refractivity contribution in [2.24, 2.45) is 11.8 Å². The van der Waals surface area contributed by atoms with Crippen LogP contribution in [0.4, 0.5) is 0 Å². The van der Waals surface area contributed by atoms with Crippen molar-refractivity contribution in [3.63, 3.8) is 0 Å². The average Bonchev–Trinajstić information content (AvgIpc) is 2.10. The molecule has 2 nitrogen and oxygen atoms in total. The Balaban J connectivity index is 4.56. The molecule has 3 atom stereocenters. The molecule has 0 aliphatic heterocycles. The second-order valence-corrected chi connectivity index (χ2v) is 7.36. The van der Waals surface area contributed by atoms with Crippen LogP contribution in [0.3, 0.4) is 0 Å². The molecule has 0 rings (SSSR count). The third kappa shape index (κ3) is 4.94. The summed E-state index contributed by atoms with van der Waals surface area (Å²) in [6.45, 7) is 16.1. The minimum Gasteiger partial charge on any atom is -0.242 e. The van der Waals surface area contributed by atoms with E-state index in [9.17, 15) is 4.21 Å². The van der Waals surface area contributed by atoms with Crippen LogP contribution in [-0.4, -0.2) is 15.0 Å². The summed E-state index contributed by atoms with van der Waals surface area (Å²) in [5.74, 6) is 0.778. The van der Waals surface area contributed by atoms with E-state index in [1.165, 1.54) is 0 Å². The number of rotatable bonds is 5. The molecule has 0 unspecified atom stereocenters. The minimum absolute atomic E-state index is 0.214. The van der Waals surface area contributed by atoms with Crippen LogP contribution < -0.4 is 4.72 Å². The van der Waals surface area contributed by atoms with E-state index in [0.29, 0.717) is 11.8 Å². The molecule has 0 spiro atoms. The lowest BCUT2D eigenvalue weighted by atomic mass is 9.93. The van der Waals surface area contributed by atoms with Gasteiger partial charge in [0.05, 0.1) is 15.7 Å². The lowest BCUT2D eigenvalue weighted by Crippen LogP contribution is -2.45. The van der Waals surface area contributed by atoms with E-state index in [1.54, 1.807) is 0 Å². The Kier molecular flexibility index (Phi) is 5.75. The van der Waals surface area contributed by atoms with Gasteiger partial charge in [0.15, 0.2) is 0 Å². The molecule has 15 heavy (non-hydrogen) atoms. The van der Waals surface area contributed by atoms with Crippen LogP contribution in [0.15, 0.2) is 12.7 Å². The van der Waals surface area contributed by atoms with E-state index in [4.69, 9.17) is 0 Å². The highest BCUT2D eigenvalue weighted by atomic mass is 32.2. The fourth-order valence-corrected chi connectivity index (χ4v) is 2.39. The van der Waals surface area contributed by atoms with Crippen LogP contribution in [0, 0.1) is 11.8 Å². The topological polar surface area (TPSA) is 29.1 Å². The van der Waals surface area contributed by atoms with Crippen molar-refractivity contribution < 1.29 is 4.21 Å². The van der Waals surface area contributed by atoms with Crippen molar-refractivity contribution in [2.75, 3.05) is 0 Å². The van der Waals surface area contributed by atoms with Gasteiger partial charge in [0.1, 0.15) is 0 Å². The minimum atomic E-state index is -1.01. The molecule has 0 aromatic rings. The highest BCUT2D eigenvalue weighted by Crippen LogP contribution is 2.17. The van der Waals surface area contributed by atoms with Crippen molar-refractivity contribution in [3.8, 4) is 0 Å². The summed E-state index contributed by atoms with van der Waals surface area (Å²) in [6.07, 6.45) is 1.91. The summed E-state index contributed by atoms with van der Waals surface area (Å²) in [5, 5.41) is 0. The molecule has 3 heteroatoms. The molecule has 0 aliphatic rings.